The van der Waals surface area contributed by atoms with Crippen LogP contribution in [0.5, 0.6) is 0 Å². The van der Waals surface area contributed by atoms with Gasteiger partial charge >= 0.3 is 6.18 Å². The van der Waals surface area contributed by atoms with Crippen molar-refractivity contribution in [2.24, 2.45) is 0 Å². The van der Waals surface area contributed by atoms with Crippen LogP contribution in [0.3, 0.4) is 0 Å². The fraction of sp³-hybridized carbons (Fsp3) is 0.346. The van der Waals surface area contributed by atoms with Crippen molar-refractivity contribution < 1.29 is 17.6 Å². The second-order valence-corrected chi connectivity index (χ2v) is 8.42. The van der Waals surface area contributed by atoms with E-state index in [0.717, 1.165) is 56.5 Å². The van der Waals surface area contributed by atoms with Crippen molar-refractivity contribution in [3.8, 4) is 11.1 Å². The van der Waals surface area contributed by atoms with Crippen molar-refractivity contribution in [1.29, 1.82) is 0 Å². The van der Waals surface area contributed by atoms with Crippen molar-refractivity contribution >= 4 is 11.5 Å². The van der Waals surface area contributed by atoms with Gasteiger partial charge in [0.25, 0.3) is 0 Å². The normalized spacial score (nSPS) is 14.9. The van der Waals surface area contributed by atoms with Crippen LogP contribution in [0.1, 0.15) is 18.4 Å². The van der Waals surface area contributed by atoms with Gasteiger partial charge in [0, 0.05) is 50.2 Å². The van der Waals surface area contributed by atoms with Gasteiger partial charge in [0.05, 0.1) is 5.56 Å². The van der Waals surface area contributed by atoms with Crippen LogP contribution in [0.4, 0.5) is 29.1 Å². The first-order valence-corrected chi connectivity index (χ1v) is 11.5. The second kappa shape index (κ2) is 10.9. The molecule has 0 aliphatic carbocycles. The molecule has 2 aromatic carbocycles. The summed E-state index contributed by atoms with van der Waals surface area (Å²) < 4.78 is 52.9. The lowest BCUT2D eigenvalue weighted by Gasteiger charge is -2.36. The SMILES string of the molecule is Fc1ccccc1-c1ccnc(NCCCCN2CCN(c3cccc(C(F)(F)F)c3)CC2)c1. The molecule has 0 amide bonds. The summed E-state index contributed by atoms with van der Waals surface area (Å²) in [5.74, 6) is 0.461. The van der Waals surface area contributed by atoms with Gasteiger partial charge in [0.15, 0.2) is 0 Å². The van der Waals surface area contributed by atoms with E-state index in [1.807, 2.05) is 17.0 Å². The Kier molecular flexibility index (Phi) is 7.67. The summed E-state index contributed by atoms with van der Waals surface area (Å²) in [6.45, 7) is 4.79. The standard InChI is InChI=1S/C26H28F4N4/c27-24-9-2-1-8-23(24)20-10-12-32-25(18-20)31-11-3-4-13-33-14-16-34(17-15-33)22-7-5-6-21(19-22)26(28,29)30/h1-2,5-10,12,18-19H,3-4,11,13-17H2,(H,31,32). The smallest absolute Gasteiger partial charge is 0.370 e. The van der Waals surface area contributed by atoms with E-state index in [0.29, 0.717) is 24.3 Å². The van der Waals surface area contributed by atoms with Crippen molar-refractivity contribution in [2.75, 3.05) is 49.5 Å². The number of benzene rings is 2. The van der Waals surface area contributed by atoms with E-state index < -0.39 is 11.7 Å². The molecule has 0 radical (unpaired) electrons. The minimum absolute atomic E-state index is 0.257. The Morgan fingerprint density at radius 3 is 2.44 bits per heavy atom. The summed E-state index contributed by atoms with van der Waals surface area (Å²) >= 11 is 0. The molecular weight excluding hydrogens is 444 g/mol. The van der Waals surface area contributed by atoms with Gasteiger partial charge in [-0.3, -0.25) is 4.90 Å². The lowest BCUT2D eigenvalue weighted by atomic mass is 10.1. The molecule has 3 aromatic rings. The van der Waals surface area contributed by atoms with Crippen LogP contribution in [0.2, 0.25) is 0 Å². The number of anilines is 2. The third-order valence-corrected chi connectivity index (χ3v) is 6.06. The number of nitrogens with zero attached hydrogens (tertiary/aromatic N) is 3. The molecule has 0 atom stereocenters. The van der Waals surface area contributed by atoms with Gasteiger partial charge in [-0.15, -0.1) is 0 Å². The van der Waals surface area contributed by atoms with E-state index in [1.54, 1.807) is 30.5 Å². The lowest BCUT2D eigenvalue weighted by Crippen LogP contribution is -2.46. The molecule has 1 N–H and O–H groups in total. The van der Waals surface area contributed by atoms with Crippen molar-refractivity contribution in [3.63, 3.8) is 0 Å². The molecule has 1 aromatic heterocycles. The van der Waals surface area contributed by atoms with Crippen LogP contribution in [0, 0.1) is 5.82 Å². The van der Waals surface area contributed by atoms with E-state index in [4.69, 9.17) is 0 Å². The zero-order chi connectivity index (χ0) is 24.0. The molecule has 1 fully saturated rings. The lowest BCUT2D eigenvalue weighted by molar-refractivity contribution is -0.137. The zero-order valence-corrected chi connectivity index (χ0v) is 18.9. The van der Waals surface area contributed by atoms with Gasteiger partial charge in [-0.25, -0.2) is 9.37 Å². The Labute approximate surface area is 197 Å². The number of piperazine rings is 1. The van der Waals surface area contributed by atoms with Crippen LogP contribution >= 0.6 is 0 Å². The third kappa shape index (κ3) is 6.26. The van der Waals surface area contributed by atoms with E-state index in [-0.39, 0.29) is 5.82 Å². The number of unbranched alkanes of at least 4 members (excludes halogenated alkanes) is 1. The van der Waals surface area contributed by atoms with Gasteiger partial charge in [0.1, 0.15) is 11.6 Å². The highest BCUT2D eigenvalue weighted by Crippen LogP contribution is 2.32. The van der Waals surface area contributed by atoms with Gasteiger partial charge in [0.2, 0.25) is 0 Å². The molecule has 0 bridgehead atoms. The minimum Gasteiger partial charge on any atom is -0.370 e. The molecule has 1 aliphatic heterocycles. The Balaban J connectivity index is 1.18. The Morgan fingerprint density at radius 2 is 1.68 bits per heavy atom. The van der Waals surface area contributed by atoms with Gasteiger partial charge in [-0.1, -0.05) is 24.3 Å². The quantitative estimate of drug-likeness (QED) is 0.326. The Bertz CT molecular complexity index is 1080. The summed E-state index contributed by atoms with van der Waals surface area (Å²) in [6.07, 6.45) is -0.683. The summed E-state index contributed by atoms with van der Waals surface area (Å²) in [5.41, 5.74) is 1.36. The Morgan fingerprint density at radius 1 is 0.882 bits per heavy atom. The largest absolute Gasteiger partial charge is 0.416 e. The molecule has 2 heterocycles. The molecule has 1 saturated heterocycles. The maximum atomic E-state index is 14.0. The van der Waals surface area contributed by atoms with E-state index >= 15 is 0 Å². The van der Waals surface area contributed by atoms with Crippen molar-refractivity contribution in [1.82, 2.24) is 9.88 Å². The highest BCUT2D eigenvalue weighted by Gasteiger charge is 2.31. The number of aromatic nitrogens is 1. The molecule has 34 heavy (non-hydrogen) atoms. The first kappa shape index (κ1) is 24.0. The number of halogens is 4. The molecule has 0 spiro atoms. The summed E-state index contributed by atoms with van der Waals surface area (Å²) in [7, 11) is 0. The van der Waals surface area contributed by atoms with Crippen LogP contribution < -0.4 is 10.2 Å². The van der Waals surface area contributed by atoms with E-state index in [9.17, 15) is 17.6 Å². The average molecular weight is 473 g/mol. The fourth-order valence-corrected chi connectivity index (χ4v) is 4.18. The summed E-state index contributed by atoms with van der Waals surface area (Å²) in [5, 5.41) is 3.31. The van der Waals surface area contributed by atoms with E-state index in [2.05, 4.69) is 15.2 Å². The Hall–Kier alpha value is -3.13. The molecule has 1 aliphatic rings. The maximum Gasteiger partial charge on any atom is 0.416 e. The average Bonchev–Trinajstić information content (AvgIpc) is 2.84. The van der Waals surface area contributed by atoms with Gasteiger partial charge in [-0.2, -0.15) is 13.2 Å². The predicted octanol–water partition coefficient (Wildman–Crippen LogP) is 5.92. The first-order chi connectivity index (χ1) is 16.4. The number of nitrogens with one attached hydrogen (secondary N) is 1. The molecule has 4 rings (SSSR count). The molecule has 8 heteroatoms. The summed E-state index contributed by atoms with van der Waals surface area (Å²) in [4.78, 5) is 8.68. The number of hydrogen-bond donors (Lipinski definition) is 1. The monoisotopic (exact) mass is 472 g/mol. The zero-order valence-electron chi connectivity index (χ0n) is 18.9. The molecule has 180 valence electrons. The number of alkyl halides is 3. The predicted molar refractivity (Wildman–Crippen MR) is 127 cm³/mol. The molecule has 0 saturated carbocycles. The number of hydrogen-bond acceptors (Lipinski definition) is 4. The highest BCUT2D eigenvalue weighted by molar-refractivity contribution is 5.66. The first-order valence-electron chi connectivity index (χ1n) is 11.5. The molecule has 4 nitrogen and oxygen atoms in total. The van der Waals surface area contributed by atoms with Crippen LogP contribution in [-0.2, 0) is 6.18 Å². The molecule has 0 unspecified atom stereocenters. The van der Waals surface area contributed by atoms with Gasteiger partial charge in [-0.05, 0) is 61.3 Å². The summed E-state index contributed by atoms with van der Waals surface area (Å²) in [6, 6.07) is 15.9. The van der Waals surface area contributed by atoms with Crippen LogP contribution in [-0.4, -0.2) is 49.2 Å². The van der Waals surface area contributed by atoms with Crippen molar-refractivity contribution in [3.05, 3.63) is 78.2 Å². The minimum atomic E-state index is -4.32. The van der Waals surface area contributed by atoms with Crippen LogP contribution in [0.15, 0.2) is 66.9 Å². The maximum absolute atomic E-state index is 14.0. The number of rotatable bonds is 8. The van der Waals surface area contributed by atoms with Crippen LogP contribution in [0.25, 0.3) is 11.1 Å². The third-order valence-electron chi connectivity index (χ3n) is 6.06. The topological polar surface area (TPSA) is 31.4 Å². The fourth-order valence-electron chi connectivity index (χ4n) is 4.18. The highest BCUT2D eigenvalue weighted by atomic mass is 19.4. The molecular formula is C26H28F4N4. The van der Waals surface area contributed by atoms with E-state index in [1.165, 1.54) is 18.2 Å². The van der Waals surface area contributed by atoms with Gasteiger partial charge < -0.3 is 10.2 Å². The second-order valence-electron chi connectivity index (χ2n) is 8.42. The van der Waals surface area contributed by atoms with Crippen molar-refractivity contribution in [2.45, 2.75) is 19.0 Å². The number of pyridine rings is 1.